The third kappa shape index (κ3) is 4.35. The average molecular weight is 341 g/mol. The van der Waals surface area contributed by atoms with Gasteiger partial charge in [-0.3, -0.25) is 4.99 Å². The second kappa shape index (κ2) is 7.79. The highest BCUT2D eigenvalue weighted by atomic mass is 16.5. The molecule has 0 amide bonds. The molecule has 2 aromatic rings. The maximum absolute atomic E-state index is 5.90. The van der Waals surface area contributed by atoms with Crippen LogP contribution in [-0.4, -0.2) is 45.2 Å². The van der Waals surface area contributed by atoms with Gasteiger partial charge < -0.3 is 24.4 Å². The fourth-order valence-electron chi connectivity index (χ4n) is 2.56. The van der Waals surface area contributed by atoms with Crippen molar-refractivity contribution in [3.8, 4) is 23.0 Å². The van der Waals surface area contributed by atoms with Gasteiger partial charge in [0, 0.05) is 38.3 Å². The molecule has 0 fully saturated rings. The van der Waals surface area contributed by atoms with Crippen molar-refractivity contribution in [1.82, 2.24) is 10.2 Å². The Hall–Kier alpha value is -2.89. The lowest BCUT2D eigenvalue weighted by atomic mass is 10.2. The second-order valence-corrected chi connectivity index (χ2v) is 5.77. The van der Waals surface area contributed by atoms with E-state index in [1.807, 2.05) is 49.5 Å². The Bertz CT molecular complexity index is 722. The zero-order valence-corrected chi connectivity index (χ0v) is 14.8. The molecule has 0 radical (unpaired) electrons. The molecule has 25 heavy (non-hydrogen) atoms. The van der Waals surface area contributed by atoms with Crippen molar-refractivity contribution < 1.29 is 14.2 Å². The zero-order chi connectivity index (χ0) is 17.6. The van der Waals surface area contributed by atoms with Crippen LogP contribution < -0.4 is 19.5 Å². The number of aliphatic imine (C=N–C) groups is 1. The van der Waals surface area contributed by atoms with E-state index in [2.05, 4.69) is 15.2 Å². The van der Waals surface area contributed by atoms with Gasteiger partial charge in [0.1, 0.15) is 23.0 Å². The Morgan fingerprint density at radius 1 is 0.960 bits per heavy atom. The second-order valence-electron chi connectivity index (χ2n) is 5.77. The maximum atomic E-state index is 5.90. The zero-order valence-electron chi connectivity index (χ0n) is 14.8. The summed E-state index contributed by atoms with van der Waals surface area (Å²) < 4.78 is 16.4. The van der Waals surface area contributed by atoms with Crippen LogP contribution in [0.4, 0.5) is 0 Å². The number of ether oxygens (including phenoxy) is 3. The number of hydrogen-bond donors (Lipinski definition) is 1. The van der Waals surface area contributed by atoms with Crippen molar-refractivity contribution in [3.05, 3.63) is 48.0 Å². The topological polar surface area (TPSA) is 55.3 Å². The summed E-state index contributed by atoms with van der Waals surface area (Å²) in [6, 6.07) is 13.4. The molecular formula is C19H23N3O3. The first kappa shape index (κ1) is 17.0. The molecule has 1 aliphatic rings. The average Bonchev–Trinajstić information content (AvgIpc) is 3.05. The van der Waals surface area contributed by atoms with Crippen LogP contribution in [0.3, 0.4) is 0 Å². The Balaban J connectivity index is 1.62. The van der Waals surface area contributed by atoms with Gasteiger partial charge >= 0.3 is 0 Å². The number of rotatable bonds is 6. The minimum atomic E-state index is 0.670. The lowest BCUT2D eigenvalue weighted by Crippen LogP contribution is -2.35. The van der Waals surface area contributed by atoms with Crippen molar-refractivity contribution in [2.75, 3.05) is 34.4 Å². The minimum absolute atomic E-state index is 0.670. The van der Waals surface area contributed by atoms with Crippen molar-refractivity contribution >= 4 is 5.96 Å². The van der Waals surface area contributed by atoms with Gasteiger partial charge in [0.2, 0.25) is 0 Å². The third-order valence-electron chi connectivity index (χ3n) is 3.99. The molecule has 0 spiro atoms. The molecule has 0 saturated heterocycles. The normalized spacial score (nSPS) is 13.4. The van der Waals surface area contributed by atoms with Crippen LogP contribution in [0.25, 0.3) is 0 Å². The van der Waals surface area contributed by atoms with Crippen LogP contribution in [0.15, 0.2) is 47.5 Å². The molecule has 0 saturated carbocycles. The molecule has 0 bridgehead atoms. The molecule has 0 unspecified atom stereocenters. The van der Waals surface area contributed by atoms with E-state index in [0.717, 1.165) is 31.3 Å². The quantitative estimate of drug-likeness (QED) is 0.875. The number of hydrogen-bond acceptors (Lipinski definition) is 6. The van der Waals surface area contributed by atoms with Crippen LogP contribution >= 0.6 is 0 Å². The Labute approximate surface area is 148 Å². The van der Waals surface area contributed by atoms with Gasteiger partial charge in [0.15, 0.2) is 5.96 Å². The van der Waals surface area contributed by atoms with Crippen LogP contribution in [-0.2, 0) is 6.54 Å². The largest absolute Gasteiger partial charge is 0.496 e. The lowest BCUT2D eigenvalue weighted by Gasteiger charge is -2.15. The molecule has 3 rings (SSSR count). The summed E-state index contributed by atoms with van der Waals surface area (Å²) in [5.74, 6) is 3.76. The van der Waals surface area contributed by atoms with Crippen LogP contribution in [0.5, 0.6) is 23.0 Å². The summed E-state index contributed by atoms with van der Waals surface area (Å²) in [7, 11) is 5.27. The Kier molecular flexibility index (Phi) is 5.28. The number of benzene rings is 2. The van der Waals surface area contributed by atoms with Gasteiger partial charge in [-0.2, -0.15) is 0 Å². The van der Waals surface area contributed by atoms with Gasteiger partial charge in [-0.15, -0.1) is 0 Å². The first-order valence-corrected chi connectivity index (χ1v) is 8.17. The van der Waals surface area contributed by atoms with Gasteiger partial charge in [-0.1, -0.05) is 12.1 Å². The van der Waals surface area contributed by atoms with Crippen LogP contribution in [0.1, 0.15) is 5.56 Å². The Morgan fingerprint density at radius 2 is 1.60 bits per heavy atom. The van der Waals surface area contributed by atoms with Gasteiger partial charge in [-0.25, -0.2) is 0 Å². The molecular weight excluding hydrogens is 318 g/mol. The predicted molar refractivity (Wildman–Crippen MR) is 97.8 cm³/mol. The molecule has 1 heterocycles. The van der Waals surface area contributed by atoms with E-state index in [1.165, 1.54) is 5.56 Å². The minimum Gasteiger partial charge on any atom is -0.496 e. The number of guanidine groups is 1. The standard InChI is InChI=1S/C19H23N3O3/c1-22-9-8-20-19(22)21-13-14-4-6-15(7-5-14)25-18-11-16(23-2)10-17(12-18)24-3/h4-7,10-12H,8-9,13H2,1-3H3,(H,20,21). The number of likely N-dealkylation sites (N-methyl/N-ethyl adjacent to an activating group) is 1. The number of nitrogens with zero attached hydrogens (tertiary/aromatic N) is 2. The number of methoxy groups -OCH3 is 2. The molecule has 1 aliphatic heterocycles. The predicted octanol–water partition coefficient (Wildman–Crippen LogP) is 2.89. The summed E-state index contributed by atoms with van der Waals surface area (Å²) >= 11 is 0. The van der Waals surface area contributed by atoms with E-state index in [-0.39, 0.29) is 0 Å². The third-order valence-corrected chi connectivity index (χ3v) is 3.99. The summed E-state index contributed by atoms with van der Waals surface area (Å²) in [6.07, 6.45) is 0. The van der Waals surface area contributed by atoms with E-state index < -0.39 is 0 Å². The summed E-state index contributed by atoms with van der Waals surface area (Å²) in [5.41, 5.74) is 1.17. The molecule has 0 aromatic heterocycles. The fraction of sp³-hybridized carbons (Fsp3) is 0.316. The highest BCUT2D eigenvalue weighted by Gasteiger charge is 2.11. The van der Waals surface area contributed by atoms with Crippen molar-refractivity contribution in [2.24, 2.45) is 4.99 Å². The van der Waals surface area contributed by atoms with Crippen molar-refractivity contribution in [2.45, 2.75) is 6.54 Å². The molecule has 6 nitrogen and oxygen atoms in total. The fourth-order valence-corrected chi connectivity index (χ4v) is 2.56. The van der Waals surface area contributed by atoms with Gasteiger partial charge in [0.25, 0.3) is 0 Å². The van der Waals surface area contributed by atoms with Crippen LogP contribution in [0, 0.1) is 0 Å². The van der Waals surface area contributed by atoms with Crippen molar-refractivity contribution in [3.63, 3.8) is 0 Å². The molecule has 6 heteroatoms. The molecule has 0 atom stereocenters. The highest BCUT2D eigenvalue weighted by Crippen LogP contribution is 2.30. The smallest absolute Gasteiger partial charge is 0.194 e. The SMILES string of the molecule is COc1cc(OC)cc(Oc2ccc(CNC3=NCCN3C)cc2)c1. The number of nitrogens with one attached hydrogen (secondary N) is 1. The van der Waals surface area contributed by atoms with E-state index >= 15 is 0 Å². The van der Waals surface area contributed by atoms with E-state index in [1.54, 1.807) is 14.2 Å². The Morgan fingerprint density at radius 3 is 2.16 bits per heavy atom. The van der Waals surface area contributed by atoms with Crippen LogP contribution in [0.2, 0.25) is 0 Å². The molecule has 1 N–H and O–H groups in total. The van der Waals surface area contributed by atoms with Crippen molar-refractivity contribution in [1.29, 1.82) is 0 Å². The summed E-state index contributed by atoms with van der Waals surface area (Å²) in [4.78, 5) is 6.54. The first-order chi connectivity index (χ1) is 12.2. The van der Waals surface area contributed by atoms with E-state index in [9.17, 15) is 0 Å². The lowest BCUT2D eigenvalue weighted by molar-refractivity contribution is 0.386. The summed E-state index contributed by atoms with van der Waals surface area (Å²) in [6.45, 7) is 2.56. The monoisotopic (exact) mass is 341 g/mol. The van der Waals surface area contributed by atoms with E-state index in [4.69, 9.17) is 14.2 Å². The molecule has 2 aromatic carbocycles. The highest BCUT2D eigenvalue weighted by molar-refractivity contribution is 5.81. The first-order valence-electron chi connectivity index (χ1n) is 8.17. The molecule has 0 aliphatic carbocycles. The molecule has 132 valence electrons. The maximum Gasteiger partial charge on any atom is 0.194 e. The summed E-state index contributed by atoms with van der Waals surface area (Å²) in [5, 5.41) is 3.35. The van der Waals surface area contributed by atoms with Gasteiger partial charge in [-0.05, 0) is 17.7 Å². The van der Waals surface area contributed by atoms with E-state index in [0.29, 0.717) is 17.2 Å². The van der Waals surface area contributed by atoms with Gasteiger partial charge in [0.05, 0.1) is 20.8 Å².